The van der Waals surface area contributed by atoms with Crippen molar-refractivity contribution in [2.24, 2.45) is 17.6 Å². The number of ketones is 2. The fraction of sp³-hybridized carbons (Fsp3) is 0.484. The number of aliphatic hydroxyl groups excluding tert-OH is 1. The molecule has 0 saturated heterocycles. The molecule has 0 aromatic rings. The predicted octanol–water partition coefficient (Wildman–Crippen LogP) is 2.54. The van der Waals surface area contributed by atoms with Crippen molar-refractivity contribution in [1.29, 1.82) is 0 Å². The van der Waals surface area contributed by atoms with Crippen LogP contribution in [0.4, 0.5) is 4.79 Å². The number of nitrogens with one attached hydrogen (secondary N) is 2. The molecule has 5 N–H and O–H groups in total. The number of allylic oxidation sites excluding steroid dienone is 4. The van der Waals surface area contributed by atoms with E-state index in [1.807, 2.05) is 6.92 Å². The van der Waals surface area contributed by atoms with Crippen LogP contribution in [0.5, 0.6) is 0 Å². The minimum atomic E-state index is -1.00. The van der Waals surface area contributed by atoms with Gasteiger partial charge in [0.2, 0.25) is 11.6 Å². The lowest BCUT2D eigenvalue weighted by molar-refractivity contribution is -0.120. The van der Waals surface area contributed by atoms with Crippen LogP contribution in [0.3, 0.4) is 0 Å². The van der Waals surface area contributed by atoms with E-state index in [1.54, 1.807) is 45.1 Å². The summed E-state index contributed by atoms with van der Waals surface area (Å²) in [6, 6.07) is 0. The molecule has 0 aromatic carbocycles. The second-order valence-corrected chi connectivity index (χ2v) is 10.6. The van der Waals surface area contributed by atoms with Gasteiger partial charge >= 0.3 is 6.09 Å². The zero-order valence-electron chi connectivity index (χ0n) is 25.1. The van der Waals surface area contributed by atoms with Crippen LogP contribution in [0.25, 0.3) is 0 Å². The average molecular weight is 586 g/mol. The zero-order chi connectivity index (χ0) is 31.6. The highest BCUT2D eigenvalue weighted by Gasteiger charge is 2.33. The van der Waals surface area contributed by atoms with Crippen molar-refractivity contribution >= 4 is 23.6 Å². The Morgan fingerprint density at radius 3 is 2.50 bits per heavy atom. The number of Topliss-reactive ketones (excluding diaryl/α,β-unsaturated/α-hetero) is 1. The van der Waals surface area contributed by atoms with Gasteiger partial charge < -0.3 is 35.7 Å². The van der Waals surface area contributed by atoms with Gasteiger partial charge in [-0.1, -0.05) is 44.2 Å². The van der Waals surface area contributed by atoms with Gasteiger partial charge in [-0.2, -0.15) is 0 Å². The maximum Gasteiger partial charge on any atom is 0.405 e. The molecule has 42 heavy (non-hydrogen) atoms. The van der Waals surface area contributed by atoms with Gasteiger partial charge in [0.25, 0.3) is 5.91 Å². The number of hydrogen-bond acceptors (Lipinski definition) is 9. The van der Waals surface area contributed by atoms with Crippen molar-refractivity contribution in [3.8, 4) is 0 Å². The number of carbonyl (C=O) groups is 4. The molecule has 11 heteroatoms. The molecule has 1 heterocycles. The van der Waals surface area contributed by atoms with Crippen LogP contribution >= 0.6 is 0 Å². The average Bonchev–Trinajstić information content (AvgIpc) is 2.94. The van der Waals surface area contributed by atoms with Gasteiger partial charge in [0, 0.05) is 43.9 Å². The van der Waals surface area contributed by atoms with Crippen molar-refractivity contribution in [2.45, 2.75) is 65.0 Å². The first kappa shape index (κ1) is 34.4. The largest absolute Gasteiger partial charge is 0.439 e. The summed E-state index contributed by atoms with van der Waals surface area (Å²) in [4.78, 5) is 51.3. The fourth-order valence-corrected chi connectivity index (χ4v) is 4.95. The lowest BCUT2D eigenvalue weighted by Crippen LogP contribution is -2.37. The van der Waals surface area contributed by atoms with Crippen LogP contribution in [0.1, 0.15) is 40.5 Å². The van der Waals surface area contributed by atoms with Crippen LogP contribution in [0.2, 0.25) is 0 Å². The highest BCUT2D eigenvalue weighted by molar-refractivity contribution is 6.23. The smallest absolute Gasteiger partial charge is 0.405 e. The second kappa shape index (κ2) is 16.0. The highest BCUT2D eigenvalue weighted by atomic mass is 16.6. The zero-order valence-corrected chi connectivity index (χ0v) is 25.1. The Bertz CT molecular complexity index is 1210. The van der Waals surface area contributed by atoms with Gasteiger partial charge in [-0.3, -0.25) is 14.4 Å². The maximum absolute atomic E-state index is 13.5. The third-order valence-corrected chi connectivity index (χ3v) is 7.22. The topological polar surface area (TPSA) is 166 Å². The Labute approximate surface area is 247 Å². The SMILES string of the molecule is C=CCNC1=C2C[C@@H](C)CC(OC)[C@H](O)[C@@H](C)C=C(C)[C@H](OC(N)=O)[C@@H](OC)C=CC=C(C)C(=O)NC(=CC1=O)C2=O. The summed E-state index contributed by atoms with van der Waals surface area (Å²) in [7, 11) is 2.92. The van der Waals surface area contributed by atoms with E-state index in [2.05, 4.69) is 17.2 Å². The molecule has 11 nitrogen and oxygen atoms in total. The quantitative estimate of drug-likeness (QED) is 0.271. The molecule has 2 aliphatic rings. The fourth-order valence-electron chi connectivity index (χ4n) is 4.95. The first-order valence-corrected chi connectivity index (χ1v) is 13.8. The summed E-state index contributed by atoms with van der Waals surface area (Å²) in [5.41, 5.74) is 6.42. The number of ether oxygens (including phenoxy) is 3. The first-order chi connectivity index (χ1) is 19.8. The molecule has 6 atom stereocenters. The Balaban J connectivity index is 2.62. The second-order valence-electron chi connectivity index (χ2n) is 10.6. The maximum atomic E-state index is 13.5. The van der Waals surface area contributed by atoms with Crippen LogP contribution in [0, 0.1) is 11.8 Å². The van der Waals surface area contributed by atoms with Gasteiger partial charge in [0.15, 0.2) is 6.10 Å². The summed E-state index contributed by atoms with van der Waals surface area (Å²) in [5.74, 6) is -2.14. The van der Waals surface area contributed by atoms with Gasteiger partial charge in [0.05, 0.1) is 23.6 Å². The van der Waals surface area contributed by atoms with E-state index in [-0.39, 0.29) is 41.4 Å². The van der Waals surface area contributed by atoms with Gasteiger partial charge in [0.1, 0.15) is 6.10 Å². The number of fused-ring (bicyclic) bond motifs is 2. The van der Waals surface area contributed by atoms with E-state index in [0.29, 0.717) is 12.0 Å². The summed E-state index contributed by atoms with van der Waals surface area (Å²) in [6.07, 6.45) is 5.34. The highest BCUT2D eigenvalue weighted by Crippen LogP contribution is 2.28. The van der Waals surface area contributed by atoms with Crippen molar-refractivity contribution in [1.82, 2.24) is 10.6 Å². The number of primary amides is 1. The van der Waals surface area contributed by atoms with Crippen LogP contribution in [0.15, 0.2) is 71.1 Å². The van der Waals surface area contributed by atoms with Crippen molar-refractivity contribution in [3.05, 3.63) is 71.1 Å². The number of hydrogen-bond donors (Lipinski definition) is 4. The lowest BCUT2D eigenvalue weighted by atomic mass is 9.85. The molecule has 2 amide bonds. The molecule has 2 rings (SSSR count). The van der Waals surface area contributed by atoms with E-state index < -0.39 is 53.9 Å². The predicted molar refractivity (Wildman–Crippen MR) is 158 cm³/mol. The molecule has 0 fully saturated rings. The van der Waals surface area contributed by atoms with Gasteiger partial charge in [-0.25, -0.2) is 4.79 Å². The Hall–Kier alpha value is -3.80. The molecule has 1 unspecified atom stereocenters. The summed E-state index contributed by atoms with van der Waals surface area (Å²) >= 11 is 0. The summed E-state index contributed by atoms with van der Waals surface area (Å²) < 4.78 is 16.6. The lowest BCUT2D eigenvalue weighted by Gasteiger charge is -2.30. The number of methoxy groups -OCH3 is 2. The molecule has 0 radical (unpaired) electrons. The van der Waals surface area contributed by atoms with E-state index >= 15 is 0 Å². The van der Waals surface area contributed by atoms with E-state index in [4.69, 9.17) is 19.9 Å². The summed E-state index contributed by atoms with van der Waals surface area (Å²) in [6.45, 7) is 10.9. The van der Waals surface area contributed by atoms with E-state index in [9.17, 15) is 24.3 Å². The third kappa shape index (κ3) is 9.10. The standard InChI is InChI=1S/C31H43N3O8/c1-8-12-33-26-21-13-17(2)14-25(41-7)27(36)19(4)15-20(5)29(42-31(32)39)24(40-6)11-9-10-18(3)30(38)34-22(28(21)37)16-23(26)35/h8-11,15-17,19,24-25,27,29,33,36H,1,12-14H2,2-7H3,(H2,32,39)(H,34,38)/t17-,19+,24+,25?,27-,29+/m1/s1. The molecule has 0 spiro atoms. The number of amides is 2. The Morgan fingerprint density at radius 1 is 1.21 bits per heavy atom. The molecule has 0 aromatic heterocycles. The van der Waals surface area contributed by atoms with Gasteiger partial charge in [-0.15, -0.1) is 6.58 Å². The number of nitrogens with two attached hydrogens (primary N) is 1. The Kier molecular flexibility index (Phi) is 13.1. The van der Waals surface area contributed by atoms with Gasteiger partial charge in [-0.05, 0) is 38.2 Å². The first-order valence-electron chi connectivity index (χ1n) is 13.8. The van der Waals surface area contributed by atoms with E-state index in [0.717, 1.165) is 6.08 Å². The molecule has 2 bridgehead atoms. The van der Waals surface area contributed by atoms with Crippen molar-refractivity contribution in [3.63, 3.8) is 0 Å². The number of carbonyl (C=O) groups excluding carboxylic acids is 4. The Morgan fingerprint density at radius 2 is 1.90 bits per heavy atom. The normalized spacial score (nSPS) is 28.4. The molecule has 0 saturated carbocycles. The molecule has 230 valence electrons. The van der Waals surface area contributed by atoms with E-state index in [1.165, 1.54) is 20.3 Å². The summed E-state index contributed by atoms with van der Waals surface area (Å²) in [5, 5.41) is 16.7. The van der Waals surface area contributed by atoms with Crippen LogP contribution in [-0.2, 0) is 28.6 Å². The molecular weight excluding hydrogens is 542 g/mol. The van der Waals surface area contributed by atoms with Crippen molar-refractivity contribution < 1.29 is 38.5 Å². The number of aliphatic hydroxyl groups is 1. The minimum absolute atomic E-state index is 0.132. The van der Waals surface area contributed by atoms with Crippen LogP contribution in [-0.4, -0.2) is 73.9 Å². The van der Waals surface area contributed by atoms with Crippen molar-refractivity contribution in [2.75, 3.05) is 20.8 Å². The monoisotopic (exact) mass is 585 g/mol. The van der Waals surface area contributed by atoms with Crippen LogP contribution < -0.4 is 16.4 Å². The third-order valence-electron chi connectivity index (χ3n) is 7.22. The molecule has 1 aliphatic carbocycles. The minimum Gasteiger partial charge on any atom is -0.439 e. The molecule has 1 aliphatic heterocycles. The molecular formula is C31H43N3O8. The number of rotatable bonds is 6.